The first-order valence-corrected chi connectivity index (χ1v) is 9.44. The zero-order valence-electron chi connectivity index (χ0n) is 16.7. The number of hydrogen-bond acceptors (Lipinski definition) is 6. The van der Waals surface area contributed by atoms with Crippen LogP contribution in [0.5, 0.6) is 11.5 Å². The monoisotopic (exact) mass is 399 g/mol. The molecule has 1 aliphatic rings. The van der Waals surface area contributed by atoms with E-state index in [0.717, 1.165) is 24.2 Å². The lowest BCUT2D eigenvalue weighted by atomic mass is 10.1. The highest BCUT2D eigenvalue weighted by atomic mass is 16.6. The topological polar surface area (TPSA) is 85.2 Å². The quantitative estimate of drug-likeness (QED) is 0.525. The average molecular weight is 399 g/mol. The standard InChI is InChI=1S/C21H25N3O5/c1-28-19-7-6-16(13-20(19)29-2)14-21(25)23-10-8-22(9-11-23)15-17-4-3-5-18(12-17)24(26)27/h3-7,12-13H,8-11,14-15H2,1-2H3. The second-order valence-electron chi connectivity index (χ2n) is 6.95. The van der Waals surface area contributed by atoms with Gasteiger partial charge in [-0.05, 0) is 23.3 Å². The van der Waals surface area contributed by atoms with Crippen molar-refractivity contribution in [1.29, 1.82) is 0 Å². The molecule has 8 nitrogen and oxygen atoms in total. The molecule has 0 spiro atoms. The number of carbonyl (C=O) groups excluding carboxylic acids is 1. The molecular weight excluding hydrogens is 374 g/mol. The minimum absolute atomic E-state index is 0.0761. The van der Waals surface area contributed by atoms with Gasteiger partial charge in [-0.3, -0.25) is 19.8 Å². The summed E-state index contributed by atoms with van der Waals surface area (Å²) in [5.41, 5.74) is 1.89. The number of methoxy groups -OCH3 is 2. The molecular formula is C21H25N3O5. The lowest BCUT2D eigenvalue weighted by molar-refractivity contribution is -0.384. The van der Waals surface area contributed by atoms with Gasteiger partial charge in [-0.2, -0.15) is 0 Å². The Bertz CT molecular complexity index is 878. The first-order chi connectivity index (χ1) is 14.0. The average Bonchev–Trinajstić information content (AvgIpc) is 2.74. The molecule has 1 saturated heterocycles. The van der Waals surface area contributed by atoms with Crippen molar-refractivity contribution in [2.45, 2.75) is 13.0 Å². The van der Waals surface area contributed by atoms with E-state index < -0.39 is 0 Å². The molecule has 0 unspecified atom stereocenters. The molecule has 1 amide bonds. The fraction of sp³-hybridized carbons (Fsp3) is 0.381. The third-order valence-electron chi connectivity index (χ3n) is 5.06. The number of nitro groups is 1. The van der Waals surface area contributed by atoms with Crippen molar-refractivity contribution >= 4 is 11.6 Å². The van der Waals surface area contributed by atoms with Gasteiger partial charge in [0.15, 0.2) is 11.5 Å². The summed E-state index contributed by atoms with van der Waals surface area (Å²) in [6.45, 7) is 3.39. The Labute approximate surface area is 169 Å². The molecule has 1 fully saturated rings. The van der Waals surface area contributed by atoms with E-state index in [1.54, 1.807) is 32.4 Å². The molecule has 8 heteroatoms. The second kappa shape index (κ2) is 9.38. The Morgan fingerprint density at radius 2 is 1.72 bits per heavy atom. The first kappa shape index (κ1) is 20.6. The van der Waals surface area contributed by atoms with Crippen LogP contribution in [0, 0.1) is 10.1 Å². The van der Waals surface area contributed by atoms with E-state index >= 15 is 0 Å². The Kier molecular flexibility index (Phi) is 6.66. The van der Waals surface area contributed by atoms with Crippen LogP contribution in [0.25, 0.3) is 0 Å². The smallest absolute Gasteiger partial charge is 0.269 e. The summed E-state index contributed by atoms with van der Waals surface area (Å²) in [4.78, 5) is 27.3. The molecule has 154 valence electrons. The van der Waals surface area contributed by atoms with Gasteiger partial charge in [-0.25, -0.2) is 0 Å². The number of amides is 1. The summed E-state index contributed by atoms with van der Waals surface area (Å²) < 4.78 is 10.5. The number of nitrogens with zero attached hydrogens (tertiary/aromatic N) is 3. The second-order valence-corrected chi connectivity index (χ2v) is 6.95. The summed E-state index contributed by atoms with van der Waals surface area (Å²) in [6, 6.07) is 12.2. The van der Waals surface area contributed by atoms with Gasteiger partial charge in [0, 0.05) is 44.9 Å². The molecule has 0 bridgehead atoms. The van der Waals surface area contributed by atoms with Crippen LogP contribution < -0.4 is 9.47 Å². The number of piperazine rings is 1. The molecule has 0 aliphatic carbocycles. The van der Waals surface area contributed by atoms with Gasteiger partial charge in [0.05, 0.1) is 25.6 Å². The highest BCUT2D eigenvalue weighted by molar-refractivity contribution is 5.79. The fourth-order valence-electron chi connectivity index (χ4n) is 3.46. The van der Waals surface area contributed by atoms with Crippen molar-refractivity contribution in [3.63, 3.8) is 0 Å². The first-order valence-electron chi connectivity index (χ1n) is 9.44. The Hall–Kier alpha value is -3.13. The third-order valence-corrected chi connectivity index (χ3v) is 5.06. The molecule has 0 aromatic heterocycles. The number of nitro benzene ring substituents is 1. The minimum atomic E-state index is -0.381. The zero-order valence-corrected chi connectivity index (χ0v) is 16.7. The summed E-state index contributed by atoms with van der Waals surface area (Å²) in [7, 11) is 3.15. The van der Waals surface area contributed by atoms with Gasteiger partial charge in [-0.15, -0.1) is 0 Å². The largest absolute Gasteiger partial charge is 0.493 e. The lowest BCUT2D eigenvalue weighted by Crippen LogP contribution is -2.48. The molecule has 0 radical (unpaired) electrons. The Balaban J connectivity index is 1.53. The molecule has 2 aromatic carbocycles. The van der Waals surface area contributed by atoms with Crippen LogP contribution in [0.3, 0.4) is 0 Å². The highest BCUT2D eigenvalue weighted by Gasteiger charge is 2.22. The van der Waals surface area contributed by atoms with Gasteiger partial charge in [0.1, 0.15) is 0 Å². The van der Waals surface area contributed by atoms with E-state index in [4.69, 9.17) is 9.47 Å². The van der Waals surface area contributed by atoms with Crippen LogP contribution in [0.15, 0.2) is 42.5 Å². The van der Waals surface area contributed by atoms with E-state index in [2.05, 4.69) is 4.90 Å². The van der Waals surface area contributed by atoms with Crippen LogP contribution in [0.2, 0.25) is 0 Å². The van der Waals surface area contributed by atoms with E-state index in [0.29, 0.717) is 37.6 Å². The number of rotatable bonds is 7. The number of ether oxygens (including phenoxy) is 2. The molecule has 1 aliphatic heterocycles. The summed E-state index contributed by atoms with van der Waals surface area (Å²) in [5.74, 6) is 1.32. The predicted octanol–water partition coefficient (Wildman–Crippen LogP) is 2.50. The molecule has 3 rings (SSSR count). The summed E-state index contributed by atoms with van der Waals surface area (Å²) >= 11 is 0. The molecule has 29 heavy (non-hydrogen) atoms. The van der Waals surface area contributed by atoms with Crippen LogP contribution in [0.4, 0.5) is 5.69 Å². The van der Waals surface area contributed by atoms with Crippen molar-refractivity contribution < 1.29 is 19.2 Å². The molecule has 1 heterocycles. The van der Waals surface area contributed by atoms with Gasteiger partial charge in [0.25, 0.3) is 5.69 Å². The van der Waals surface area contributed by atoms with Gasteiger partial charge >= 0.3 is 0 Å². The van der Waals surface area contributed by atoms with E-state index in [1.807, 2.05) is 23.1 Å². The maximum Gasteiger partial charge on any atom is 0.269 e. The fourth-order valence-corrected chi connectivity index (χ4v) is 3.46. The Morgan fingerprint density at radius 1 is 1.00 bits per heavy atom. The normalized spacial score (nSPS) is 14.5. The van der Waals surface area contributed by atoms with E-state index in [-0.39, 0.29) is 16.5 Å². The van der Waals surface area contributed by atoms with Crippen molar-refractivity contribution in [3.05, 3.63) is 63.7 Å². The maximum atomic E-state index is 12.7. The zero-order chi connectivity index (χ0) is 20.8. The minimum Gasteiger partial charge on any atom is -0.493 e. The van der Waals surface area contributed by atoms with Crippen molar-refractivity contribution in [2.75, 3.05) is 40.4 Å². The predicted molar refractivity (Wildman–Crippen MR) is 108 cm³/mol. The van der Waals surface area contributed by atoms with Crippen LogP contribution in [-0.4, -0.2) is 61.0 Å². The van der Waals surface area contributed by atoms with Gasteiger partial charge in [-0.1, -0.05) is 18.2 Å². The lowest BCUT2D eigenvalue weighted by Gasteiger charge is -2.34. The maximum absolute atomic E-state index is 12.7. The van der Waals surface area contributed by atoms with E-state index in [9.17, 15) is 14.9 Å². The summed E-state index contributed by atoms with van der Waals surface area (Å²) in [5, 5.41) is 10.9. The van der Waals surface area contributed by atoms with Crippen molar-refractivity contribution in [3.8, 4) is 11.5 Å². The van der Waals surface area contributed by atoms with Gasteiger partial charge < -0.3 is 14.4 Å². The highest BCUT2D eigenvalue weighted by Crippen LogP contribution is 2.28. The Morgan fingerprint density at radius 3 is 2.38 bits per heavy atom. The van der Waals surface area contributed by atoms with Crippen molar-refractivity contribution in [1.82, 2.24) is 9.80 Å². The number of hydrogen-bond donors (Lipinski definition) is 0. The van der Waals surface area contributed by atoms with Crippen LogP contribution >= 0.6 is 0 Å². The number of benzene rings is 2. The molecule has 2 aromatic rings. The SMILES string of the molecule is COc1ccc(CC(=O)N2CCN(Cc3cccc([N+](=O)[O-])c3)CC2)cc1OC. The van der Waals surface area contributed by atoms with Crippen molar-refractivity contribution in [2.24, 2.45) is 0 Å². The number of non-ortho nitro benzene ring substituents is 1. The van der Waals surface area contributed by atoms with E-state index in [1.165, 1.54) is 6.07 Å². The number of carbonyl (C=O) groups is 1. The third kappa shape index (κ3) is 5.23. The van der Waals surface area contributed by atoms with Crippen LogP contribution in [0.1, 0.15) is 11.1 Å². The molecule has 0 saturated carbocycles. The molecule has 0 atom stereocenters. The van der Waals surface area contributed by atoms with Crippen LogP contribution in [-0.2, 0) is 17.8 Å². The summed E-state index contributed by atoms with van der Waals surface area (Å²) in [6.07, 6.45) is 0.311. The van der Waals surface area contributed by atoms with Gasteiger partial charge in [0.2, 0.25) is 5.91 Å². The molecule has 0 N–H and O–H groups in total.